The normalized spacial score (nSPS) is 11.5. The fourth-order valence-electron chi connectivity index (χ4n) is 8.50. The number of fused-ring (bicyclic) bond motifs is 6. The van der Waals surface area contributed by atoms with E-state index in [2.05, 4.69) is 217 Å². The van der Waals surface area contributed by atoms with Crippen LogP contribution in [0.3, 0.4) is 0 Å². The summed E-state index contributed by atoms with van der Waals surface area (Å²) in [5, 5.41) is 5.22. The number of para-hydroxylation sites is 1. The molecule has 268 valence electrons. The standard InChI is InChI=1S/C54H35NS2/c1-2-16-36(17-3-1)40-20-4-5-21-42(40)43-22-6-7-23-44(43)45-24-8-11-29-50(45)55(39-32-33-48-46-25-9-12-30-51(46)56-53(48)35-39)38-19-14-18-37(34-38)41-27-15-28-49-47-26-10-13-31-52(47)57-54(41)49/h1-35H. The molecule has 0 spiro atoms. The van der Waals surface area contributed by atoms with E-state index in [4.69, 9.17) is 0 Å². The molecule has 9 aromatic carbocycles. The van der Waals surface area contributed by atoms with Crippen LogP contribution >= 0.6 is 22.7 Å². The average Bonchev–Trinajstić information content (AvgIpc) is 3.85. The number of benzene rings is 9. The summed E-state index contributed by atoms with van der Waals surface area (Å²) >= 11 is 3.74. The second kappa shape index (κ2) is 14.1. The lowest BCUT2D eigenvalue weighted by Gasteiger charge is -2.29. The number of hydrogen-bond acceptors (Lipinski definition) is 3. The zero-order valence-electron chi connectivity index (χ0n) is 31.0. The highest BCUT2D eigenvalue weighted by molar-refractivity contribution is 7.26. The SMILES string of the molecule is c1ccc(-c2ccccc2-c2ccccc2-c2ccccc2N(c2cccc(-c3cccc4c3sc3ccccc34)c2)c2ccc3c(c2)sc2ccccc23)cc1. The van der Waals surface area contributed by atoms with Gasteiger partial charge in [-0.1, -0.05) is 170 Å². The number of thiophene rings is 2. The zero-order chi connectivity index (χ0) is 37.7. The van der Waals surface area contributed by atoms with Gasteiger partial charge in [-0.05, 0) is 81.4 Å². The van der Waals surface area contributed by atoms with Gasteiger partial charge in [0.1, 0.15) is 0 Å². The molecule has 0 amide bonds. The molecule has 11 aromatic rings. The van der Waals surface area contributed by atoms with Crippen molar-refractivity contribution in [3.63, 3.8) is 0 Å². The third-order valence-corrected chi connectivity index (χ3v) is 13.5. The van der Waals surface area contributed by atoms with E-state index in [1.54, 1.807) is 0 Å². The summed E-state index contributed by atoms with van der Waals surface area (Å²) < 4.78 is 5.22. The summed E-state index contributed by atoms with van der Waals surface area (Å²) in [6.45, 7) is 0. The number of anilines is 3. The Kier molecular flexibility index (Phi) is 8.28. The summed E-state index contributed by atoms with van der Waals surface area (Å²) in [7, 11) is 0. The highest BCUT2D eigenvalue weighted by Crippen LogP contribution is 2.48. The van der Waals surface area contributed by atoms with Gasteiger partial charge in [-0.25, -0.2) is 0 Å². The van der Waals surface area contributed by atoms with Gasteiger partial charge < -0.3 is 4.90 Å². The third kappa shape index (κ3) is 5.83. The lowest BCUT2D eigenvalue weighted by molar-refractivity contribution is 1.29. The molecule has 0 aliphatic heterocycles. The Balaban J connectivity index is 1.13. The van der Waals surface area contributed by atoms with Crippen molar-refractivity contribution in [3.8, 4) is 44.5 Å². The molecule has 0 saturated heterocycles. The molecule has 57 heavy (non-hydrogen) atoms. The first-order chi connectivity index (χ1) is 28.3. The van der Waals surface area contributed by atoms with E-state index in [9.17, 15) is 0 Å². The molecule has 0 bridgehead atoms. The van der Waals surface area contributed by atoms with Gasteiger partial charge in [-0.15, -0.1) is 22.7 Å². The minimum Gasteiger partial charge on any atom is -0.310 e. The van der Waals surface area contributed by atoms with Gasteiger partial charge in [-0.3, -0.25) is 0 Å². The van der Waals surface area contributed by atoms with Crippen LogP contribution in [0.4, 0.5) is 17.1 Å². The van der Waals surface area contributed by atoms with Gasteiger partial charge in [0.2, 0.25) is 0 Å². The van der Waals surface area contributed by atoms with Gasteiger partial charge in [0.25, 0.3) is 0 Å². The highest BCUT2D eigenvalue weighted by Gasteiger charge is 2.22. The number of rotatable bonds is 7. The maximum absolute atomic E-state index is 2.47. The van der Waals surface area contributed by atoms with Crippen LogP contribution in [0, 0.1) is 0 Å². The van der Waals surface area contributed by atoms with Crippen LogP contribution in [0.2, 0.25) is 0 Å². The lowest BCUT2D eigenvalue weighted by atomic mass is 9.88. The topological polar surface area (TPSA) is 3.24 Å². The van der Waals surface area contributed by atoms with Crippen molar-refractivity contribution in [2.75, 3.05) is 4.90 Å². The molecule has 0 saturated carbocycles. The van der Waals surface area contributed by atoms with E-state index < -0.39 is 0 Å². The van der Waals surface area contributed by atoms with Crippen LogP contribution in [0.5, 0.6) is 0 Å². The van der Waals surface area contributed by atoms with Crippen LogP contribution in [-0.2, 0) is 0 Å². The molecule has 0 aliphatic carbocycles. The van der Waals surface area contributed by atoms with E-state index >= 15 is 0 Å². The molecular weight excluding hydrogens is 727 g/mol. The summed E-state index contributed by atoms with van der Waals surface area (Å²) in [6.07, 6.45) is 0. The summed E-state index contributed by atoms with van der Waals surface area (Å²) in [6, 6.07) is 77.7. The molecule has 1 nitrogen and oxygen atoms in total. The Morgan fingerprint density at radius 1 is 0.281 bits per heavy atom. The van der Waals surface area contributed by atoms with E-state index in [0.717, 1.165) is 17.1 Å². The van der Waals surface area contributed by atoms with Crippen molar-refractivity contribution in [1.29, 1.82) is 0 Å². The zero-order valence-corrected chi connectivity index (χ0v) is 32.6. The van der Waals surface area contributed by atoms with E-state index in [1.165, 1.54) is 84.9 Å². The number of nitrogens with zero attached hydrogens (tertiary/aromatic N) is 1. The van der Waals surface area contributed by atoms with Crippen molar-refractivity contribution in [2.24, 2.45) is 0 Å². The largest absolute Gasteiger partial charge is 0.310 e. The summed E-state index contributed by atoms with van der Waals surface area (Å²) in [4.78, 5) is 2.47. The van der Waals surface area contributed by atoms with Crippen molar-refractivity contribution in [1.82, 2.24) is 0 Å². The predicted molar refractivity (Wildman–Crippen MR) is 249 cm³/mol. The Labute approximate surface area is 340 Å². The third-order valence-electron chi connectivity index (χ3n) is 11.1. The average molecular weight is 762 g/mol. The van der Waals surface area contributed by atoms with Crippen LogP contribution in [0.25, 0.3) is 84.9 Å². The molecule has 0 unspecified atom stereocenters. The smallest absolute Gasteiger partial charge is 0.0540 e. The molecule has 0 atom stereocenters. The summed E-state index contributed by atoms with van der Waals surface area (Å²) in [5.41, 5.74) is 13.0. The first-order valence-corrected chi connectivity index (χ1v) is 21.0. The minimum atomic E-state index is 1.11. The lowest BCUT2D eigenvalue weighted by Crippen LogP contribution is -2.11. The van der Waals surface area contributed by atoms with Gasteiger partial charge in [0, 0.05) is 57.3 Å². The van der Waals surface area contributed by atoms with Gasteiger partial charge in [-0.2, -0.15) is 0 Å². The van der Waals surface area contributed by atoms with Crippen LogP contribution in [-0.4, -0.2) is 0 Å². The molecule has 2 heterocycles. The molecule has 0 fully saturated rings. The van der Waals surface area contributed by atoms with Crippen LogP contribution in [0.15, 0.2) is 212 Å². The summed E-state index contributed by atoms with van der Waals surface area (Å²) in [5.74, 6) is 0. The monoisotopic (exact) mass is 761 g/mol. The fourth-order valence-corrected chi connectivity index (χ4v) is 10.9. The van der Waals surface area contributed by atoms with E-state index in [-0.39, 0.29) is 0 Å². The van der Waals surface area contributed by atoms with Crippen molar-refractivity contribution in [2.45, 2.75) is 0 Å². The second-order valence-electron chi connectivity index (χ2n) is 14.4. The molecule has 0 N–H and O–H groups in total. The van der Waals surface area contributed by atoms with Crippen LogP contribution in [0.1, 0.15) is 0 Å². The number of hydrogen-bond donors (Lipinski definition) is 0. The quantitative estimate of drug-likeness (QED) is 0.156. The maximum atomic E-state index is 2.47. The van der Waals surface area contributed by atoms with E-state index in [0.29, 0.717) is 0 Å². The maximum Gasteiger partial charge on any atom is 0.0540 e. The fraction of sp³-hybridized carbons (Fsp3) is 0. The highest BCUT2D eigenvalue weighted by atomic mass is 32.1. The molecule has 11 rings (SSSR count). The van der Waals surface area contributed by atoms with Gasteiger partial charge >= 0.3 is 0 Å². The van der Waals surface area contributed by atoms with Gasteiger partial charge in [0.15, 0.2) is 0 Å². The molecule has 3 heteroatoms. The Morgan fingerprint density at radius 2 is 0.789 bits per heavy atom. The second-order valence-corrected chi connectivity index (χ2v) is 16.6. The molecule has 0 radical (unpaired) electrons. The Bertz CT molecular complexity index is 3260. The first-order valence-electron chi connectivity index (χ1n) is 19.3. The van der Waals surface area contributed by atoms with Crippen LogP contribution < -0.4 is 4.90 Å². The Hall–Kier alpha value is -6.78. The molecular formula is C54H35NS2. The van der Waals surface area contributed by atoms with Crippen molar-refractivity contribution < 1.29 is 0 Å². The van der Waals surface area contributed by atoms with Crippen molar-refractivity contribution >= 4 is 80.1 Å². The Morgan fingerprint density at radius 3 is 1.58 bits per heavy atom. The van der Waals surface area contributed by atoms with Crippen molar-refractivity contribution in [3.05, 3.63) is 212 Å². The van der Waals surface area contributed by atoms with Gasteiger partial charge in [0.05, 0.1) is 5.69 Å². The molecule has 2 aromatic heterocycles. The minimum absolute atomic E-state index is 1.11. The predicted octanol–water partition coefficient (Wildman–Crippen LogP) is 16.6. The molecule has 0 aliphatic rings. The van der Waals surface area contributed by atoms with E-state index in [1.807, 2.05) is 22.7 Å². The first kappa shape index (κ1) is 33.5.